The summed E-state index contributed by atoms with van der Waals surface area (Å²) in [6, 6.07) is 5.32. The van der Waals surface area contributed by atoms with Crippen LogP contribution in [0.4, 0.5) is 13.2 Å². The molecule has 0 spiro atoms. The number of hydrogen-bond donors (Lipinski definition) is 2. The van der Waals surface area contributed by atoms with Crippen LogP contribution in [0.3, 0.4) is 0 Å². The SMILES string of the molecule is NNC(c1ccccc1C(F)(F)F)C1CCCCCC1. The lowest BCUT2D eigenvalue weighted by atomic mass is 9.85. The Morgan fingerprint density at radius 2 is 1.65 bits per heavy atom. The Bertz CT molecular complexity index is 423. The second kappa shape index (κ2) is 6.59. The molecular weight excluding hydrogens is 265 g/mol. The van der Waals surface area contributed by atoms with Gasteiger partial charge in [0.05, 0.1) is 5.56 Å². The first-order valence-electron chi connectivity index (χ1n) is 7.16. The molecule has 1 atom stereocenters. The molecule has 20 heavy (non-hydrogen) atoms. The molecule has 0 bridgehead atoms. The third kappa shape index (κ3) is 3.52. The smallest absolute Gasteiger partial charge is 0.271 e. The molecule has 1 aliphatic rings. The van der Waals surface area contributed by atoms with Gasteiger partial charge in [-0.15, -0.1) is 0 Å². The summed E-state index contributed by atoms with van der Waals surface area (Å²) >= 11 is 0. The fourth-order valence-corrected chi connectivity index (χ4v) is 3.15. The van der Waals surface area contributed by atoms with E-state index in [1.165, 1.54) is 12.1 Å². The number of alkyl halides is 3. The van der Waals surface area contributed by atoms with E-state index in [0.717, 1.165) is 44.6 Å². The van der Waals surface area contributed by atoms with Gasteiger partial charge in [-0.25, -0.2) is 0 Å². The Labute approximate surface area is 117 Å². The van der Waals surface area contributed by atoms with Gasteiger partial charge < -0.3 is 0 Å². The van der Waals surface area contributed by atoms with Gasteiger partial charge in [0, 0.05) is 6.04 Å². The van der Waals surface area contributed by atoms with Crippen molar-refractivity contribution < 1.29 is 13.2 Å². The van der Waals surface area contributed by atoms with Crippen LogP contribution in [-0.4, -0.2) is 0 Å². The number of rotatable bonds is 3. The monoisotopic (exact) mass is 286 g/mol. The van der Waals surface area contributed by atoms with Crippen LogP contribution in [0.5, 0.6) is 0 Å². The Morgan fingerprint density at radius 3 is 2.20 bits per heavy atom. The van der Waals surface area contributed by atoms with Crippen molar-refractivity contribution in [1.82, 2.24) is 5.43 Å². The Hall–Kier alpha value is -1.07. The van der Waals surface area contributed by atoms with Crippen LogP contribution in [0, 0.1) is 5.92 Å². The summed E-state index contributed by atoms with van der Waals surface area (Å²) in [6.45, 7) is 0. The quantitative estimate of drug-likeness (QED) is 0.497. The third-order valence-electron chi connectivity index (χ3n) is 4.15. The zero-order valence-electron chi connectivity index (χ0n) is 11.4. The van der Waals surface area contributed by atoms with Crippen molar-refractivity contribution in [1.29, 1.82) is 0 Å². The van der Waals surface area contributed by atoms with Crippen molar-refractivity contribution in [2.45, 2.75) is 50.7 Å². The molecule has 0 heterocycles. The number of hydrazine groups is 1. The first kappa shape index (κ1) is 15.3. The maximum atomic E-state index is 13.1. The summed E-state index contributed by atoms with van der Waals surface area (Å²) in [4.78, 5) is 0. The molecule has 1 aromatic rings. The first-order chi connectivity index (χ1) is 9.54. The molecule has 2 nitrogen and oxygen atoms in total. The number of hydrogen-bond acceptors (Lipinski definition) is 2. The van der Waals surface area contributed by atoms with Crippen molar-refractivity contribution >= 4 is 0 Å². The lowest BCUT2D eigenvalue weighted by molar-refractivity contribution is -0.138. The predicted molar refractivity (Wildman–Crippen MR) is 72.7 cm³/mol. The van der Waals surface area contributed by atoms with E-state index in [0.29, 0.717) is 0 Å². The van der Waals surface area contributed by atoms with E-state index in [1.54, 1.807) is 6.07 Å². The van der Waals surface area contributed by atoms with E-state index in [9.17, 15) is 13.2 Å². The number of nitrogens with two attached hydrogens (primary N) is 1. The molecule has 0 aliphatic heterocycles. The molecule has 0 saturated heterocycles. The van der Waals surface area contributed by atoms with Gasteiger partial charge in [-0.05, 0) is 30.4 Å². The molecule has 2 rings (SSSR count). The van der Waals surface area contributed by atoms with Crippen LogP contribution >= 0.6 is 0 Å². The summed E-state index contributed by atoms with van der Waals surface area (Å²) in [5, 5.41) is 0. The van der Waals surface area contributed by atoms with Crippen molar-refractivity contribution in [3.63, 3.8) is 0 Å². The van der Waals surface area contributed by atoms with Crippen molar-refractivity contribution in [3.05, 3.63) is 35.4 Å². The van der Waals surface area contributed by atoms with Gasteiger partial charge in [-0.3, -0.25) is 11.3 Å². The minimum absolute atomic E-state index is 0.172. The highest BCUT2D eigenvalue weighted by Gasteiger charge is 2.36. The predicted octanol–water partition coefficient (Wildman–Crippen LogP) is 4.18. The van der Waals surface area contributed by atoms with Crippen LogP contribution in [0.15, 0.2) is 24.3 Å². The van der Waals surface area contributed by atoms with E-state index >= 15 is 0 Å². The normalized spacial score (nSPS) is 19.6. The van der Waals surface area contributed by atoms with Crippen molar-refractivity contribution in [2.75, 3.05) is 0 Å². The van der Waals surface area contributed by atoms with E-state index in [4.69, 9.17) is 5.84 Å². The summed E-state index contributed by atoms with van der Waals surface area (Å²) in [5.74, 6) is 5.75. The zero-order valence-corrected chi connectivity index (χ0v) is 11.4. The lowest BCUT2D eigenvalue weighted by Crippen LogP contribution is -2.35. The first-order valence-corrected chi connectivity index (χ1v) is 7.16. The van der Waals surface area contributed by atoms with Crippen LogP contribution in [0.1, 0.15) is 55.7 Å². The fraction of sp³-hybridized carbons (Fsp3) is 0.600. The second-order valence-corrected chi connectivity index (χ2v) is 5.48. The molecule has 0 radical (unpaired) electrons. The molecule has 5 heteroatoms. The van der Waals surface area contributed by atoms with Gasteiger partial charge in [-0.1, -0.05) is 43.9 Å². The molecule has 0 aromatic heterocycles. The maximum Gasteiger partial charge on any atom is 0.416 e. The summed E-state index contributed by atoms with van der Waals surface area (Å²) in [6.07, 6.45) is 1.98. The van der Waals surface area contributed by atoms with Gasteiger partial charge in [0.1, 0.15) is 0 Å². The minimum atomic E-state index is -4.34. The average molecular weight is 286 g/mol. The fourth-order valence-electron chi connectivity index (χ4n) is 3.15. The Balaban J connectivity index is 2.31. The zero-order chi connectivity index (χ0) is 14.6. The highest BCUT2D eigenvalue weighted by Crippen LogP contribution is 2.39. The standard InChI is InChI=1S/C15H21F3N2/c16-15(17,18)13-10-6-5-9-12(13)14(20-19)11-7-3-1-2-4-8-11/h5-6,9-11,14,20H,1-4,7-8,19H2. The average Bonchev–Trinajstić information content (AvgIpc) is 2.68. The Morgan fingerprint density at radius 1 is 1.05 bits per heavy atom. The minimum Gasteiger partial charge on any atom is -0.271 e. The van der Waals surface area contributed by atoms with E-state index < -0.39 is 17.8 Å². The molecule has 3 N–H and O–H groups in total. The van der Waals surface area contributed by atoms with Crippen LogP contribution in [0.25, 0.3) is 0 Å². The number of benzene rings is 1. The summed E-state index contributed by atoms with van der Waals surface area (Å²) in [7, 11) is 0. The Kier molecular flexibility index (Phi) is 5.05. The number of nitrogens with one attached hydrogen (secondary N) is 1. The molecule has 1 aromatic carbocycles. The van der Waals surface area contributed by atoms with Gasteiger partial charge in [0.15, 0.2) is 0 Å². The topological polar surface area (TPSA) is 38.0 Å². The van der Waals surface area contributed by atoms with Crippen LogP contribution < -0.4 is 11.3 Å². The van der Waals surface area contributed by atoms with Crippen LogP contribution in [-0.2, 0) is 6.18 Å². The maximum absolute atomic E-state index is 13.1. The molecular formula is C15H21F3N2. The van der Waals surface area contributed by atoms with Gasteiger partial charge in [-0.2, -0.15) is 13.2 Å². The van der Waals surface area contributed by atoms with E-state index in [2.05, 4.69) is 5.43 Å². The molecule has 0 amide bonds. The second-order valence-electron chi connectivity index (χ2n) is 5.48. The highest BCUT2D eigenvalue weighted by molar-refractivity contribution is 5.32. The summed E-state index contributed by atoms with van der Waals surface area (Å²) < 4.78 is 39.4. The van der Waals surface area contributed by atoms with Crippen molar-refractivity contribution in [3.8, 4) is 0 Å². The molecule has 1 fully saturated rings. The third-order valence-corrected chi connectivity index (χ3v) is 4.15. The van der Waals surface area contributed by atoms with Gasteiger partial charge in [0.25, 0.3) is 0 Å². The molecule has 1 aliphatic carbocycles. The van der Waals surface area contributed by atoms with Crippen LogP contribution in [0.2, 0.25) is 0 Å². The molecule has 1 unspecified atom stereocenters. The van der Waals surface area contributed by atoms with E-state index in [-0.39, 0.29) is 11.5 Å². The molecule has 112 valence electrons. The van der Waals surface area contributed by atoms with Gasteiger partial charge in [0.2, 0.25) is 0 Å². The largest absolute Gasteiger partial charge is 0.416 e. The van der Waals surface area contributed by atoms with Crippen molar-refractivity contribution in [2.24, 2.45) is 11.8 Å². The van der Waals surface area contributed by atoms with Gasteiger partial charge >= 0.3 is 6.18 Å². The lowest BCUT2D eigenvalue weighted by Gasteiger charge is -2.28. The summed E-state index contributed by atoms with van der Waals surface area (Å²) in [5.41, 5.74) is 2.32. The highest BCUT2D eigenvalue weighted by atomic mass is 19.4. The van der Waals surface area contributed by atoms with E-state index in [1.807, 2.05) is 0 Å². The number of halogens is 3. The molecule has 1 saturated carbocycles.